The molecule has 0 aliphatic carbocycles. The molecule has 0 bridgehead atoms. The van der Waals surface area contributed by atoms with Crippen LogP contribution < -0.4 is 15.5 Å². The molecule has 3 heterocycles. The van der Waals surface area contributed by atoms with Gasteiger partial charge in [0.05, 0.1) is 0 Å². The van der Waals surface area contributed by atoms with Crippen LogP contribution in [0, 0.1) is 6.92 Å². The van der Waals surface area contributed by atoms with E-state index in [0.29, 0.717) is 17.9 Å². The number of aryl methyl sites for hydroxylation is 1. The molecule has 4 rings (SSSR count). The SMILES string of the molecule is CC(=O)NC1CCCN(c2nc(NC(=O)c3ccc4cnccc4c3)ccc2C)C1. The molecule has 1 aliphatic rings. The van der Waals surface area contributed by atoms with Crippen LogP contribution in [0.25, 0.3) is 10.8 Å². The highest BCUT2D eigenvalue weighted by atomic mass is 16.2. The van der Waals surface area contributed by atoms with Crippen LogP contribution in [0.5, 0.6) is 0 Å². The molecule has 1 aliphatic heterocycles. The number of pyridine rings is 2. The highest BCUT2D eigenvalue weighted by molar-refractivity contribution is 6.06. The third-order valence-corrected chi connectivity index (χ3v) is 5.34. The Hall–Kier alpha value is -3.48. The molecule has 2 aromatic heterocycles. The molecule has 1 fully saturated rings. The van der Waals surface area contributed by atoms with Crippen LogP contribution in [0.3, 0.4) is 0 Å². The smallest absolute Gasteiger partial charge is 0.256 e. The maximum Gasteiger partial charge on any atom is 0.256 e. The summed E-state index contributed by atoms with van der Waals surface area (Å²) in [7, 11) is 0. The topological polar surface area (TPSA) is 87.2 Å². The number of carbonyl (C=O) groups excluding carboxylic acids is 2. The third-order valence-electron chi connectivity index (χ3n) is 5.34. The average molecular weight is 403 g/mol. The second-order valence-electron chi connectivity index (χ2n) is 7.71. The van der Waals surface area contributed by atoms with Gasteiger partial charge in [-0.15, -0.1) is 0 Å². The van der Waals surface area contributed by atoms with Crippen LogP contribution in [0.2, 0.25) is 0 Å². The molecule has 30 heavy (non-hydrogen) atoms. The van der Waals surface area contributed by atoms with E-state index in [0.717, 1.165) is 41.5 Å². The van der Waals surface area contributed by atoms with Crippen molar-refractivity contribution < 1.29 is 9.59 Å². The Morgan fingerprint density at radius 2 is 2.00 bits per heavy atom. The molecule has 0 saturated carbocycles. The molecule has 0 radical (unpaired) electrons. The van der Waals surface area contributed by atoms with Crippen LogP contribution in [-0.4, -0.2) is 40.9 Å². The van der Waals surface area contributed by atoms with Crippen molar-refractivity contribution in [3.8, 4) is 0 Å². The van der Waals surface area contributed by atoms with E-state index >= 15 is 0 Å². The van der Waals surface area contributed by atoms with E-state index in [1.165, 1.54) is 0 Å². The van der Waals surface area contributed by atoms with Crippen LogP contribution in [-0.2, 0) is 4.79 Å². The van der Waals surface area contributed by atoms with Gasteiger partial charge >= 0.3 is 0 Å². The second-order valence-corrected chi connectivity index (χ2v) is 7.71. The minimum atomic E-state index is -0.203. The van der Waals surface area contributed by atoms with Gasteiger partial charge in [-0.25, -0.2) is 4.98 Å². The van der Waals surface area contributed by atoms with Gasteiger partial charge < -0.3 is 15.5 Å². The highest BCUT2D eigenvalue weighted by Gasteiger charge is 2.23. The van der Waals surface area contributed by atoms with E-state index in [2.05, 4.69) is 20.5 Å². The Labute approximate surface area is 175 Å². The van der Waals surface area contributed by atoms with Crippen molar-refractivity contribution in [2.75, 3.05) is 23.3 Å². The quantitative estimate of drug-likeness (QED) is 0.698. The number of aromatic nitrogens is 2. The maximum atomic E-state index is 12.8. The second kappa shape index (κ2) is 8.49. The Balaban J connectivity index is 1.52. The van der Waals surface area contributed by atoms with Crippen molar-refractivity contribution in [1.82, 2.24) is 15.3 Å². The Morgan fingerprint density at radius 3 is 2.83 bits per heavy atom. The van der Waals surface area contributed by atoms with Gasteiger partial charge in [-0.05, 0) is 55.0 Å². The average Bonchev–Trinajstić information content (AvgIpc) is 2.74. The summed E-state index contributed by atoms with van der Waals surface area (Å²) in [4.78, 5) is 35.2. The van der Waals surface area contributed by atoms with Crippen LogP contribution in [0.1, 0.15) is 35.7 Å². The number of rotatable bonds is 4. The van der Waals surface area contributed by atoms with Gasteiger partial charge in [-0.3, -0.25) is 14.6 Å². The number of carbonyl (C=O) groups is 2. The van der Waals surface area contributed by atoms with Gasteiger partial charge in [0.25, 0.3) is 5.91 Å². The number of fused-ring (bicyclic) bond motifs is 1. The lowest BCUT2D eigenvalue weighted by Crippen LogP contribution is -2.47. The molecule has 1 atom stereocenters. The molecule has 1 saturated heterocycles. The van der Waals surface area contributed by atoms with Gasteiger partial charge in [0.2, 0.25) is 5.91 Å². The van der Waals surface area contributed by atoms with E-state index in [4.69, 9.17) is 4.98 Å². The summed E-state index contributed by atoms with van der Waals surface area (Å²) in [5.41, 5.74) is 1.61. The zero-order valence-electron chi connectivity index (χ0n) is 17.2. The Kier molecular flexibility index (Phi) is 5.61. The zero-order valence-corrected chi connectivity index (χ0v) is 17.2. The van der Waals surface area contributed by atoms with Crippen LogP contribution in [0.4, 0.5) is 11.6 Å². The minimum Gasteiger partial charge on any atom is -0.354 e. The number of benzene rings is 1. The van der Waals surface area contributed by atoms with Gasteiger partial charge in [0.1, 0.15) is 11.6 Å². The van der Waals surface area contributed by atoms with Crippen molar-refractivity contribution >= 4 is 34.2 Å². The Bertz CT molecular complexity index is 1100. The van der Waals surface area contributed by atoms with E-state index in [1.54, 1.807) is 25.4 Å². The summed E-state index contributed by atoms with van der Waals surface area (Å²) in [5, 5.41) is 7.87. The predicted molar refractivity (Wildman–Crippen MR) is 118 cm³/mol. The van der Waals surface area contributed by atoms with Crippen molar-refractivity contribution in [1.29, 1.82) is 0 Å². The lowest BCUT2D eigenvalue weighted by atomic mass is 10.0. The number of piperidine rings is 1. The molecule has 1 unspecified atom stereocenters. The fraction of sp³-hybridized carbons (Fsp3) is 0.304. The minimum absolute atomic E-state index is 0.0151. The first-order chi connectivity index (χ1) is 14.5. The van der Waals surface area contributed by atoms with Gasteiger partial charge in [0.15, 0.2) is 0 Å². The predicted octanol–water partition coefficient (Wildman–Crippen LogP) is 3.30. The molecule has 154 valence electrons. The number of nitrogens with one attached hydrogen (secondary N) is 2. The summed E-state index contributed by atoms with van der Waals surface area (Å²) >= 11 is 0. The lowest BCUT2D eigenvalue weighted by Gasteiger charge is -2.34. The molecular formula is C23H25N5O2. The van der Waals surface area contributed by atoms with Gasteiger partial charge in [0, 0.05) is 49.4 Å². The Morgan fingerprint density at radius 1 is 1.13 bits per heavy atom. The molecule has 2 N–H and O–H groups in total. The first-order valence-electron chi connectivity index (χ1n) is 10.1. The van der Waals surface area contributed by atoms with Crippen molar-refractivity contribution in [3.05, 3.63) is 59.9 Å². The first-order valence-corrected chi connectivity index (χ1v) is 10.1. The summed E-state index contributed by atoms with van der Waals surface area (Å²) in [6.07, 6.45) is 5.43. The molecule has 7 heteroatoms. The molecular weight excluding hydrogens is 378 g/mol. The van der Waals surface area contributed by atoms with E-state index < -0.39 is 0 Å². The van der Waals surface area contributed by atoms with Crippen molar-refractivity contribution in [3.63, 3.8) is 0 Å². The first kappa shape index (κ1) is 19.8. The molecule has 2 amide bonds. The standard InChI is InChI=1S/C23H25N5O2/c1-15-5-8-21(26-22(15)28-11-3-4-20(14-28)25-16(2)29)27-23(30)18-6-7-19-13-24-10-9-17(19)12-18/h5-10,12-13,20H,3-4,11,14H2,1-2H3,(H,25,29)(H,26,27,30). The number of nitrogens with zero attached hydrogens (tertiary/aromatic N) is 3. The number of hydrogen-bond acceptors (Lipinski definition) is 5. The summed E-state index contributed by atoms with van der Waals surface area (Å²) < 4.78 is 0. The molecule has 7 nitrogen and oxygen atoms in total. The normalized spacial score (nSPS) is 16.3. The fourth-order valence-electron chi connectivity index (χ4n) is 3.90. The molecule has 0 spiro atoms. The van der Waals surface area contributed by atoms with E-state index in [1.807, 2.05) is 37.3 Å². The fourth-order valence-corrected chi connectivity index (χ4v) is 3.90. The number of anilines is 2. The van der Waals surface area contributed by atoms with Gasteiger partial charge in [-0.1, -0.05) is 12.1 Å². The van der Waals surface area contributed by atoms with Crippen molar-refractivity contribution in [2.45, 2.75) is 32.7 Å². The van der Waals surface area contributed by atoms with Crippen LogP contribution >= 0.6 is 0 Å². The monoisotopic (exact) mass is 403 g/mol. The summed E-state index contributed by atoms with van der Waals surface area (Å²) in [5.74, 6) is 1.13. The van der Waals surface area contributed by atoms with Crippen LogP contribution in [0.15, 0.2) is 48.8 Å². The summed E-state index contributed by atoms with van der Waals surface area (Å²) in [6, 6.07) is 11.3. The largest absolute Gasteiger partial charge is 0.354 e. The molecule has 3 aromatic rings. The third kappa shape index (κ3) is 4.40. The lowest BCUT2D eigenvalue weighted by molar-refractivity contribution is -0.119. The number of amides is 2. The zero-order chi connectivity index (χ0) is 21.1. The van der Waals surface area contributed by atoms with Gasteiger partial charge in [-0.2, -0.15) is 0 Å². The number of hydrogen-bond donors (Lipinski definition) is 2. The van der Waals surface area contributed by atoms with Crippen molar-refractivity contribution in [2.24, 2.45) is 0 Å². The van der Waals surface area contributed by atoms with E-state index in [9.17, 15) is 9.59 Å². The highest BCUT2D eigenvalue weighted by Crippen LogP contribution is 2.24. The molecule has 1 aromatic carbocycles. The van der Waals surface area contributed by atoms with E-state index in [-0.39, 0.29) is 17.9 Å². The summed E-state index contributed by atoms with van der Waals surface area (Å²) in [6.45, 7) is 5.14. The maximum absolute atomic E-state index is 12.8.